The van der Waals surface area contributed by atoms with Gasteiger partial charge in [0.25, 0.3) is 5.89 Å². The number of rotatable bonds is 7. The highest BCUT2D eigenvalue weighted by molar-refractivity contribution is 5.88. The molecule has 2 aromatic carbocycles. The number of aromatic nitrogens is 2. The molecule has 7 nitrogen and oxygen atoms in total. The molecular weight excluding hydrogens is 367 g/mol. The lowest BCUT2D eigenvalue weighted by atomic mass is 10.1. The molecule has 0 bridgehead atoms. The van der Waals surface area contributed by atoms with E-state index in [0.29, 0.717) is 22.6 Å². The van der Waals surface area contributed by atoms with Crippen molar-refractivity contribution in [2.75, 3.05) is 14.2 Å². The zero-order valence-corrected chi connectivity index (χ0v) is 15.1. The van der Waals surface area contributed by atoms with E-state index in [0.717, 1.165) is 0 Å². The highest BCUT2D eigenvalue weighted by Crippen LogP contribution is 2.32. The fraction of sp³-hybridized carbons (Fsp3) is 0.150. The Labute approximate surface area is 160 Å². The Morgan fingerprint density at radius 3 is 2.50 bits per heavy atom. The molecule has 8 heteroatoms. The maximum absolute atomic E-state index is 13.1. The van der Waals surface area contributed by atoms with Crippen LogP contribution in [-0.2, 0) is 4.79 Å². The van der Waals surface area contributed by atoms with Crippen LogP contribution in [0.15, 0.2) is 47.0 Å². The normalized spacial score (nSPS) is 11.3. The molecule has 0 aliphatic rings. The van der Waals surface area contributed by atoms with Crippen molar-refractivity contribution < 1.29 is 28.3 Å². The first kappa shape index (κ1) is 19.1. The van der Waals surface area contributed by atoms with Crippen molar-refractivity contribution in [2.24, 2.45) is 0 Å². The van der Waals surface area contributed by atoms with Gasteiger partial charge in [-0.3, -0.25) is 0 Å². The average Bonchev–Trinajstić information content (AvgIpc) is 3.18. The minimum Gasteiger partial charge on any atom is -0.550 e. The second-order valence-electron chi connectivity index (χ2n) is 5.76. The third-order valence-corrected chi connectivity index (χ3v) is 3.89. The van der Waals surface area contributed by atoms with Gasteiger partial charge < -0.3 is 23.9 Å². The summed E-state index contributed by atoms with van der Waals surface area (Å²) in [7, 11) is 3.03. The summed E-state index contributed by atoms with van der Waals surface area (Å²) in [5.74, 6) is -0.393. The summed E-state index contributed by atoms with van der Waals surface area (Å²) in [5, 5.41) is 15.0. The Hall–Kier alpha value is -3.68. The van der Waals surface area contributed by atoms with Crippen molar-refractivity contribution in [1.82, 2.24) is 10.1 Å². The van der Waals surface area contributed by atoms with Crippen LogP contribution in [0.1, 0.15) is 17.9 Å². The second kappa shape index (κ2) is 8.34. The van der Waals surface area contributed by atoms with Crippen molar-refractivity contribution in [3.63, 3.8) is 0 Å². The molecule has 0 unspecified atom stereocenters. The monoisotopic (exact) mass is 383 g/mol. The smallest absolute Gasteiger partial charge is 0.254 e. The van der Waals surface area contributed by atoms with E-state index in [2.05, 4.69) is 10.1 Å². The number of hydrogen-bond donors (Lipinski definition) is 0. The quantitative estimate of drug-likeness (QED) is 0.618. The number of nitrogens with zero attached hydrogens (tertiary/aromatic N) is 2. The second-order valence-corrected chi connectivity index (χ2v) is 5.76. The molecule has 0 saturated carbocycles. The van der Waals surface area contributed by atoms with Crippen molar-refractivity contribution in [3.8, 4) is 22.9 Å². The Balaban J connectivity index is 1.96. The topological polar surface area (TPSA) is 97.5 Å². The Morgan fingerprint density at radius 2 is 1.86 bits per heavy atom. The lowest BCUT2D eigenvalue weighted by Gasteiger charge is -2.07. The Bertz CT molecular complexity index is 1010. The van der Waals surface area contributed by atoms with Gasteiger partial charge >= 0.3 is 0 Å². The standard InChI is InChI=1S/C20H17FN2O5/c1-26-16-8-5-13(10-17(16)27-2)19-22-20(28-23-19)14(11-18(24)25)9-12-3-6-15(21)7-4-12/h3-10H,11H2,1-2H3,(H,24,25)/p-1/b14-9+. The maximum Gasteiger partial charge on any atom is 0.254 e. The number of carbonyl (C=O) groups is 1. The average molecular weight is 383 g/mol. The number of carbonyl (C=O) groups excluding carboxylic acids is 1. The van der Waals surface area contributed by atoms with Crippen LogP contribution in [0.2, 0.25) is 0 Å². The van der Waals surface area contributed by atoms with E-state index < -0.39 is 18.2 Å². The summed E-state index contributed by atoms with van der Waals surface area (Å²) in [5.41, 5.74) is 1.43. The number of methoxy groups -OCH3 is 2. The third kappa shape index (κ3) is 4.35. The number of aliphatic carboxylic acids is 1. The Morgan fingerprint density at radius 1 is 1.14 bits per heavy atom. The molecular formula is C20H16FN2O5-. The van der Waals surface area contributed by atoms with Crippen LogP contribution in [0, 0.1) is 5.82 Å². The van der Waals surface area contributed by atoms with Crippen LogP contribution < -0.4 is 14.6 Å². The number of hydrogen-bond acceptors (Lipinski definition) is 7. The van der Waals surface area contributed by atoms with Crippen molar-refractivity contribution in [1.29, 1.82) is 0 Å². The molecule has 144 valence electrons. The van der Waals surface area contributed by atoms with Gasteiger partial charge in [0.2, 0.25) is 5.82 Å². The summed E-state index contributed by atoms with van der Waals surface area (Å²) in [6.07, 6.45) is 1.09. The van der Waals surface area contributed by atoms with Gasteiger partial charge in [0.1, 0.15) is 5.82 Å². The van der Waals surface area contributed by atoms with E-state index in [1.807, 2.05) is 0 Å². The molecule has 0 amide bonds. The molecule has 0 radical (unpaired) electrons. The molecule has 0 fully saturated rings. The van der Waals surface area contributed by atoms with Gasteiger partial charge in [0.15, 0.2) is 11.5 Å². The summed E-state index contributed by atoms with van der Waals surface area (Å²) in [4.78, 5) is 15.4. The van der Waals surface area contributed by atoms with Gasteiger partial charge in [0.05, 0.1) is 14.2 Å². The number of ether oxygens (including phenoxy) is 2. The SMILES string of the molecule is COc1ccc(-c2noc(/C(=C/c3ccc(F)cc3)CC(=O)[O-])n2)cc1OC. The zero-order valence-electron chi connectivity index (χ0n) is 15.1. The van der Waals surface area contributed by atoms with Crippen molar-refractivity contribution in [2.45, 2.75) is 6.42 Å². The third-order valence-electron chi connectivity index (χ3n) is 3.89. The summed E-state index contributed by atoms with van der Waals surface area (Å²) >= 11 is 0. The van der Waals surface area contributed by atoms with Crippen LogP contribution >= 0.6 is 0 Å². The van der Waals surface area contributed by atoms with Crippen molar-refractivity contribution in [3.05, 3.63) is 59.7 Å². The summed E-state index contributed by atoms with van der Waals surface area (Å²) < 4.78 is 28.8. The van der Waals surface area contributed by atoms with Crippen LogP contribution in [0.3, 0.4) is 0 Å². The minimum absolute atomic E-state index is 0.0262. The predicted molar refractivity (Wildman–Crippen MR) is 96.7 cm³/mol. The molecule has 0 N–H and O–H groups in total. The molecule has 3 rings (SSSR count). The number of benzene rings is 2. The molecule has 1 heterocycles. The van der Waals surface area contributed by atoms with Gasteiger partial charge in [-0.1, -0.05) is 17.3 Å². The van der Waals surface area contributed by atoms with E-state index in [4.69, 9.17) is 14.0 Å². The Kier molecular flexibility index (Phi) is 5.69. The lowest BCUT2D eigenvalue weighted by Crippen LogP contribution is -2.22. The maximum atomic E-state index is 13.1. The lowest BCUT2D eigenvalue weighted by molar-refractivity contribution is -0.304. The highest BCUT2D eigenvalue weighted by atomic mass is 19.1. The number of carboxylic acid groups (broad SMARTS) is 1. The van der Waals surface area contributed by atoms with Gasteiger partial charge in [0, 0.05) is 23.5 Å². The van der Waals surface area contributed by atoms with Crippen molar-refractivity contribution >= 4 is 17.6 Å². The van der Waals surface area contributed by atoms with Crippen LogP contribution in [0.4, 0.5) is 4.39 Å². The first-order valence-electron chi connectivity index (χ1n) is 8.22. The fourth-order valence-electron chi connectivity index (χ4n) is 2.55. The predicted octanol–water partition coefficient (Wildman–Crippen LogP) is 2.57. The zero-order chi connectivity index (χ0) is 20.1. The number of carboxylic acids is 1. The van der Waals surface area contributed by atoms with E-state index in [1.54, 1.807) is 18.2 Å². The van der Waals surface area contributed by atoms with E-state index >= 15 is 0 Å². The van der Waals surface area contributed by atoms with Crippen LogP contribution in [-0.4, -0.2) is 30.3 Å². The molecule has 0 atom stereocenters. The van der Waals surface area contributed by atoms with Crippen LogP contribution in [0.25, 0.3) is 23.0 Å². The molecule has 0 spiro atoms. The highest BCUT2D eigenvalue weighted by Gasteiger charge is 2.15. The summed E-state index contributed by atoms with van der Waals surface area (Å²) in [6.45, 7) is 0. The number of halogens is 1. The van der Waals surface area contributed by atoms with E-state index in [9.17, 15) is 14.3 Å². The van der Waals surface area contributed by atoms with Gasteiger partial charge in [-0.15, -0.1) is 0 Å². The molecule has 0 aliphatic carbocycles. The van der Waals surface area contributed by atoms with Crippen LogP contribution in [0.5, 0.6) is 11.5 Å². The van der Waals surface area contributed by atoms with Gasteiger partial charge in [-0.2, -0.15) is 4.98 Å². The first-order chi connectivity index (χ1) is 13.5. The molecule has 28 heavy (non-hydrogen) atoms. The molecule has 0 saturated heterocycles. The molecule has 0 aliphatic heterocycles. The van der Waals surface area contributed by atoms with E-state index in [-0.39, 0.29) is 17.3 Å². The van der Waals surface area contributed by atoms with Gasteiger partial charge in [-0.05, 0) is 42.0 Å². The van der Waals surface area contributed by atoms with E-state index in [1.165, 1.54) is 44.6 Å². The van der Waals surface area contributed by atoms with Gasteiger partial charge in [-0.25, -0.2) is 4.39 Å². The first-order valence-corrected chi connectivity index (χ1v) is 8.22. The largest absolute Gasteiger partial charge is 0.550 e. The summed E-state index contributed by atoms with van der Waals surface area (Å²) in [6, 6.07) is 10.7. The minimum atomic E-state index is -1.31. The fourth-order valence-corrected chi connectivity index (χ4v) is 2.55. The molecule has 3 aromatic rings. The molecule has 1 aromatic heterocycles.